The van der Waals surface area contributed by atoms with Crippen LogP contribution in [0.25, 0.3) is 0 Å². The highest BCUT2D eigenvalue weighted by molar-refractivity contribution is 6.38. The second-order valence-corrected chi connectivity index (χ2v) is 7.99. The first-order chi connectivity index (χ1) is 13.9. The van der Waals surface area contributed by atoms with Gasteiger partial charge in [0.05, 0.1) is 16.7 Å². The molecular formula is C21H22Cl2N4O2. The Morgan fingerprint density at radius 2 is 1.66 bits per heavy atom. The van der Waals surface area contributed by atoms with E-state index in [1.54, 1.807) is 5.01 Å². The Kier molecular flexibility index (Phi) is 5.19. The van der Waals surface area contributed by atoms with E-state index in [0.29, 0.717) is 22.3 Å². The average Bonchev–Trinajstić information content (AvgIpc) is 3.28. The fourth-order valence-electron chi connectivity index (χ4n) is 3.79. The van der Waals surface area contributed by atoms with Crippen LogP contribution in [0.4, 0.5) is 11.4 Å². The zero-order valence-corrected chi connectivity index (χ0v) is 18.3. The van der Waals surface area contributed by atoms with E-state index in [-0.39, 0.29) is 5.91 Å². The summed E-state index contributed by atoms with van der Waals surface area (Å²) in [7, 11) is 0. The molecule has 0 saturated carbocycles. The lowest BCUT2D eigenvalue weighted by Crippen LogP contribution is -2.49. The maximum absolute atomic E-state index is 12.9. The Morgan fingerprint density at radius 3 is 2.28 bits per heavy atom. The van der Waals surface area contributed by atoms with Gasteiger partial charge in [-0.2, -0.15) is 10.0 Å². The van der Waals surface area contributed by atoms with E-state index in [9.17, 15) is 4.79 Å². The van der Waals surface area contributed by atoms with Crippen LogP contribution in [-0.4, -0.2) is 17.0 Å². The second-order valence-electron chi connectivity index (χ2n) is 7.24. The van der Waals surface area contributed by atoms with Crippen molar-refractivity contribution in [2.45, 2.75) is 47.0 Å². The minimum Gasteiger partial charge on any atom is -0.273 e. The first-order valence-corrected chi connectivity index (χ1v) is 10.4. The van der Waals surface area contributed by atoms with Crippen LogP contribution in [0.3, 0.4) is 0 Å². The predicted octanol–water partition coefficient (Wildman–Crippen LogP) is 5.70. The van der Waals surface area contributed by atoms with Gasteiger partial charge in [0.1, 0.15) is 0 Å². The van der Waals surface area contributed by atoms with Gasteiger partial charge in [0, 0.05) is 22.0 Å². The Labute approximate surface area is 180 Å². The van der Waals surface area contributed by atoms with Gasteiger partial charge in [-0.1, -0.05) is 48.7 Å². The minimum absolute atomic E-state index is 0.0494. The molecule has 0 atom stereocenters. The van der Waals surface area contributed by atoms with Crippen molar-refractivity contribution in [3.63, 3.8) is 0 Å². The lowest BCUT2D eigenvalue weighted by Gasteiger charge is -2.25. The number of hydrogen-bond donors (Lipinski definition) is 0. The maximum atomic E-state index is 12.9. The number of oxime groups is 1. The summed E-state index contributed by atoms with van der Waals surface area (Å²) in [6.07, 6.45) is 2.17. The van der Waals surface area contributed by atoms with Gasteiger partial charge in [-0.25, -0.2) is 0 Å². The van der Waals surface area contributed by atoms with Gasteiger partial charge in [0.2, 0.25) is 11.7 Å². The van der Waals surface area contributed by atoms with E-state index in [1.807, 2.05) is 45.0 Å². The molecule has 0 unspecified atom stereocenters. The quantitative estimate of drug-likeness (QED) is 0.621. The summed E-state index contributed by atoms with van der Waals surface area (Å²) < 4.78 is 0. The van der Waals surface area contributed by atoms with E-state index in [1.165, 1.54) is 10.3 Å². The fourth-order valence-corrected chi connectivity index (χ4v) is 4.21. The Bertz CT molecular complexity index is 1010. The van der Waals surface area contributed by atoms with Crippen LogP contribution in [0, 0.1) is 20.8 Å². The number of halogens is 2. The smallest absolute Gasteiger partial charge is 0.245 e. The van der Waals surface area contributed by atoms with Crippen molar-refractivity contribution in [3.8, 4) is 0 Å². The molecule has 0 bridgehead atoms. The second kappa shape index (κ2) is 7.52. The van der Waals surface area contributed by atoms with Crippen molar-refractivity contribution in [2.75, 3.05) is 10.0 Å². The molecular weight excluding hydrogens is 411 g/mol. The number of carbonyl (C=O) groups is 1. The van der Waals surface area contributed by atoms with Gasteiger partial charge in [-0.15, -0.1) is 0 Å². The molecule has 2 aliphatic heterocycles. The SMILES string of the molecule is CCCCC(=O)N1c2ccccc2N2C(c3c(C)c(Cl)c(C)c(Cl)c3C)=NON12. The first kappa shape index (κ1) is 20.0. The summed E-state index contributed by atoms with van der Waals surface area (Å²) in [4.78, 5) is 18.6. The number of carbonyl (C=O) groups excluding carboxylic acids is 1. The molecule has 0 saturated heterocycles. The number of rotatable bonds is 4. The first-order valence-electron chi connectivity index (χ1n) is 9.60. The molecule has 152 valence electrons. The summed E-state index contributed by atoms with van der Waals surface area (Å²) in [6.45, 7) is 7.82. The van der Waals surface area contributed by atoms with Gasteiger partial charge < -0.3 is 0 Å². The molecule has 8 heteroatoms. The highest BCUT2D eigenvalue weighted by atomic mass is 35.5. The summed E-state index contributed by atoms with van der Waals surface area (Å²) in [5.74, 6) is 0.494. The zero-order chi connectivity index (χ0) is 20.9. The number of anilines is 2. The normalized spacial score (nSPS) is 15.3. The standard InChI is InChI=1S/C21H22Cl2N4O2/c1-5-6-11-17(28)25-15-9-7-8-10-16(15)26-21(24-29-27(25)26)18-12(2)19(22)14(4)20(23)13(18)3/h7-10H,5-6,11H2,1-4H3. The predicted molar refractivity (Wildman–Crippen MR) is 116 cm³/mol. The van der Waals surface area contributed by atoms with Gasteiger partial charge in [0.15, 0.2) is 0 Å². The van der Waals surface area contributed by atoms with Crippen LogP contribution < -0.4 is 10.0 Å². The summed E-state index contributed by atoms with van der Waals surface area (Å²) >= 11 is 13.1. The van der Waals surface area contributed by atoms with Crippen LogP contribution in [0.15, 0.2) is 29.4 Å². The highest BCUT2D eigenvalue weighted by Crippen LogP contribution is 2.44. The van der Waals surface area contributed by atoms with Crippen molar-refractivity contribution in [3.05, 3.63) is 56.6 Å². The van der Waals surface area contributed by atoms with Crippen molar-refractivity contribution >= 4 is 46.3 Å². The number of hydrazine groups is 2. The Hall–Kier alpha value is -2.28. The molecule has 1 amide bonds. The van der Waals surface area contributed by atoms with Crippen LogP contribution in [-0.2, 0) is 9.73 Å². The fraction of sp³-hybridized carbons (Fsp3) is 0.333. The highest BCUT2D eigenvalue weighted by Gasteiger charge is 2.47. The molecule has 0 aliphatic carbocycles. The monoisotopic (exact) mass is 432 g/mol. The molecule has 2 aliphatic rings. The lowest BCUT2D eigenvalue weighted by atomic mass is 9.98. The Balaban J connectivity index is 1.82. The number of benzene rings is 2. The number of fused-ring (bicyclic) bond motifs is 3. The van der Waals surface area contributed by atoms with E-state index < -0.39 is 0 Å². The number of para-hydroxylation sites is 2. The van der Waals surface area contributed by atoms with Crippen LogP contribution >= 0.6 is 23.2 Å². The molecule has 0 spiro atoms. The number of amides is 1. The van der Waals surface area contributed by atoms with Crippen molar-refractivity contribution in [2.24, 2.45) is 5.16 Å². The van der Waals surface area contributed by atoms with Gasteiger partial charge in [-0.05, 0) is 61.2 Å². The molecule has 4 rings (SSSR count). The average molecular weight is 433 g/mol. The topological polar surface area (TPSA) is 48.4 Å². The number of unbranched alkanes of at least 4 members (excludes halogenated alkanes) is 1. The molecule has 0 aromatic heterocycles. The number of nitrogens with zero attached hydrogens (tertiary/aromatic N) is 4. The lowest BCUT2D eigenvalue weighted by molar-refractivity contribution is -0.158. The third-order valence-corrected chi connectivity index (χ3v) is 6.49. The van der Waals surface area contributed by atoms with Crippen molar-refractivity contribution in [1.82, 2.24) is 5.28 Å². The molecule has 0 radical (unpaired) electrons. The molecule has 2 aromatic carbocycles. The molecule has 0 fully saturated rings. The van der Waals surface area contributed by atoms with E-state index in [0.717, 1.165) is 46.5 Å². The summed E-state index contributed by atoms with van der Waals surface area (Å²) in [5, 5.41) is 10.2. The van der Waals surface area contributed by atoms with Crippen molar-refractivity contribution < 1.29 is 9.73 Å². The molecule has 2 heterocycles. The van der Waals surface area contributed by atoms with Crippen LogP contribution in [0.5, 0.6) is 0 Å². The summed E-state index contributed by atoms with van der Waals surface area (Å²) in [5.41, 5.74) is 4.92. The molecule has 29 heavy (non-hydrogen) atoms. The van der Waals surface area contributed by atoms with Gasteiger partial charge >= 0.3 is 0 Å². The number of hydrogen-bond acceptors (Lipinski definition) is 5. The maximum Gasteiger partial charge on any atom is 0.245 e. The van der Waals surface area contributed by atoms with Gasteiger partial charge in [-0.3, -0.25) is 9.73 Å². The third-order valence-electron chi connectivity index (χ3n) is 5.35. The van der Waals surface area contributed by atoms with Gasteiger partial charge in [0.25, 0.3) is 0 Å². The van der Waals surface area contributed by atoms with E-state index in [4.69, 9.17) is 28.1 Å². The Morgan fingerprint density at radius 1 is 1.03 bits per heavy atom. The minimum atomic E-state index is -0.0494. The van der Waals surface area contributed by atoms with Crippen LogP contribution in [0.1, 0.15) is 48.4 Å². The van der Waals surface area contributed by atoms with Crippen LogP contribution in [0.2, 0.25) is 10.0 Å². The zero-order valence-electron chi connectivity index (χ0n) is 16.8. The largest absolute Gasteiger partial charge is 0.273 e. The molecule has 0 N–H and O–H groups in total. The van der Waals surface area contributed by atoms with Crippen molar-refractivity contribution in [1.29, 1.82) is 0 Å². The van der Waals surface area contributed by atoms with E-state index >= 15 is 0 Å². The molecule has 6 nitrogen and oxygen atoms in total. The third kappa shape index (κ3) is 2.98. The summed E-state index contributed by atoms with van der Waals surface area (Å²) in [6, 6.07) is 7.64. The molecule has 2 aromatic rings. The number of amidine groups is 1. The van der Waals surface area contributed by atoms with E-state index in [2.05, 4.69) is 12.1 Å².